The maximum atomic E-state index is 12.8. The molecule has 1 unspecified atom stereocenters. The predicted molar refractivity (Wildman–Crippen MR) is 98.9 cm³/mol. The van der Waals surface area contributed by atoms with E-state index < -0.39 is 11.0 Å². The second-order valence-electron chi connectivity index (χ2n) is 4.58. The quantitative estimate of drug-likeness (QED) is 0.607. The summed E-state index contributed by atoms with van der Waals surface area (Å²) in [5.74, 6) is 0.663. The second-order valence-corrected chi connectivity index (χ2v) is 5.91. The van der Waals surface area contributed by atoms with E-state index in [1.165, 1.54) is 4.31 Å². The Kier molecular flexibility index (Phi) is 9.94. The molecule has 0 amide bonds. The molecule has 0 heterocycles. The number of hydrogen-bond acceptors (Lipinski definition) is 3. The first-order valence-electron chi connectivity index (χ1n) is 7.48. The molecular formula is C18H28N2O2S. The average molecular weight is 337 g/mol. The zero-order chi connectivity index (χ0) is 18.0. The van der Waals surface area contributed by atoms with E-state index in [0.29, 0.717) is 22.0 Å². The Balaban J connectivity index is 0.00000232. The van der Waals surface area contributed by atoms with Gasteiger partial charge in [0.1, 0.15) is 0 Å². The molecule has 4 nitrogen and oxygen atoms in total. The number of nitrogens with two attached hydrogens (primary N) is 1. The molecule has 0 aromatic heterocycles. The van der Waals surface area contributed by atoms with Crippen LogP contribution in [-0.4, -0.2) is 22.2 Å². The molecule has 1 aromatic rings. The molecule has 5 heteroatoms. The standard InChI is InChI=1S/C16H22N2O2S.C2H6/c1-12-6-8-16(9-7-12)21(19)18(14(3)11-17)13(2)10-15(4)20-5;1-2/h6-10H,2-3,11,17H2,1,4-5H3;1-2H3/b15-10+;. The number of hydrogen-bond donors (Lipinski definition) is 1. The Bertz CT molecular complexity index is 577. The number of aryl methyl sites for hydroxylation is 1. The zero-order valence-corrected chi connectivity index (χ0v) is 15.6. The monoisotopic (exact) mass is 336 g/mol. The SMILES string of the molecule is C=C(/C=C(\C)OC)N(C(=C)CN)S(=O)c1ccc(C)cc1.CC. The van der Waals surface area contributed by atoms with Crippen molar-refractivity contribution in [1.82, 2.24) is 4.31 Å². The van der Waals surface area contributed by atoms with Crippen LogP contribution in [0.4, 0.5) is 0 Å². The fourth-order valence-corrected chi connectivity index (χ4v) is 2.78. The Morgan fingerprint density at radius 3 is 2.26 bits per heavy atom. The molecule has 0 aliphatic rings. The molecule has 0 aliphatic carbocycles. The van der Waals surface area contributed by atoms with Crippen molar-refractivity contribution >= 4 is 11.0 Å². The summed E-state index contributed by atoms with van der Waals surface area (Å²) in [6.45, 7) is 15.8. The lowest BCUT2D eigenvalue weighted by molar-refractivity contribution is 0.292. The van der Waals surface area contributed by atoms with E-state index in [1.807, 2.05) is 45.0 Å². The van der Waals surface area contributed by atoms with E-state index in [9.17, 15) is 4.21 Å². The molecule has 0 saturated carbocycles. The van der Waals surface area contributed by atoms with Gasteiger partial charge in [-0.3, -0.25) is 4.31 Å². The molecule has 23 heavy (non-hydrogen) atoms. The molecule has 0 bridgehead atoms. The highest BCUT2D eigenvalue weighted by molar-refractivity contribution is 7.83. The molecule has 2 N–H and O–H groups in total. The number of benzene rings is 1. The largest absolute Gasteiger partial charge is 0.501 e. The summed E-state index contributed by atoms with van der Waals surface area (Å²) in [4.78, 5) is 0.666. The van der Waals surface area contributed by atoms with Gasteiger partial charge in [0, 0.05) is 12.2 Å². The van der Waals surface area contributed by atoms with Gasteiger partial charge in [0.05, 0.1) is 23.5 Å². The van der Waals surface area contributed by atoms with Crippen LogP contribution in [0.3, 0.4) is 0 Å². The summed E-state index contributed by atoms with van der Waals surface area (Å²) in [5.41, 5.74) is 7.80. The minimum Gasteiger partial charge on any atom is -0.501 e. The lowest BCUT2D eigenvalue weighted by Gasteiger charge is -2.25. The van der Waals surface area contributed by atoms with Crippen LogP contribution in [0.25, 0.3) is 0 Å². The molecule has 0 saturated heterocycles. The lowest BCUT2D eigenvalue weighted by Crippen LogP contribution is -2.27. The first-order chi connectivity index (χ1) is 10.9. The van der Waals surface area contributed by atoms with Gasteiger partial charge in [-0.2, -0.15) is 0 Å². The van der Waals surface area contributed by atoms with E-state index in [1.54, 1.807) is 20.1 Å². The van der Waals surface area contributed by atoms with E-state index in [2.05, 4.69) is 13.2 Å². The van der Waals surface area contributed by atoms with Crippen molar-refractivity contribution in [3.8, 4) is 0 Å². The Hall–Kier alpha value is -1.85. The molecular weight excluding hydrogens is 308 g/mol. The fraction of sp³-hybridized carbons (Fsp3) is 0.333. The van der Waals surface area contributed by atoms with Gasteiger partial charge in [-0.15, -0.1) is 0 Å². The highest BCUT2D eigenvalue weighted by Crippen LogP contribution is 2.21. The predicted octanol–water partition coefficient (Wildman–Crippen LogP) is 3.88. The molecule has 0 spiro atoms. The normalized spacial score (nSPS) is 11.8. The van der Waals surface area contributed by atoms with Gasteiger partial charge in [-0.05, 0) is 32.1 Å². The smallest absolute Gasteiger partial charge is 0.157 e. The summed E-state index contributed by atoms with van der Waals surface area (Å²) in [7, 11) is 0.114. The van der Waals surface area contributed by atoms with Crippen LogP contribution in [0.1, 0.15) is 26.3 Å². The van der Waals surface area contributed by atoms with E-state index >= 15 is 0 Å². The van der Waals surface area contributed by atoms with Crippen LogP contribution in [0, 0.1) is 6.92 Å². The van der Waals surface area contributed by atoms with Crippen molar-refractivity contribution in [3.63, 3.8) is 0 Å². The highest BCUT2D eigenvalue weighted by atomic mass is 32.2. The van der Waals surface area contributed by atoms with Gasteiger partial charge >= 0.3 is 0 Å². The van der Waals surface area contributed by atoms with E-state index in [4.69, 9.17) is 10.5 Å². The van der Waals surface area contributed by atoms with Gasteiger partial charge in [0.15, 0.2) is 11.0 Å². The maximum Gasteiger partial charge on any atom is 0.157 e. The van der Waals surface area contributed by atoms with Crippen molar-refractivity contribution in [2.75, 3.05) is 13.7 Å². The number of nitrogens with zero attached hydrogens (tertiary/aromatic N) is 1. The summed E-state index contributed by atoms with van der Waals surface area (Å²) in [6.07, 6.45) is 1.70. The summed E-state index contributed by atoms with van der Waals surface area (Å²) in [5, 5.41) is 0. The molecule has 1 rings (SSSR count). The number of ether oxygens (including phenoxy) is 1. The van der Waals surface area contributed by atoms with Crippen LogP contribution < -0.4 is 5.73 Å². The Morgan fingerprint density at radius 2 is 1.83 bits per heavy atom. The lowest BCUT2D eigenvalue weighted by atomic mass is 10.2. The summed E-state index contributed by atoms with van der Waals surface area (Å²) >= 11 is 0. The van der Waals surface area contributed by atoms with Gasteiger partial charge in [0.2, 0.25) is 0 Å². The first kappa shape index (κ1) is 21.1. The molecule has 0 aliphatic heterocycles. The number of methoxy groups -OCH3 is 1. The van der Waals surface area contributed by atoms with Crippen LogP contribution >= 0.6 is 0 Å². The topological polar surface area (TPSA) is 55.6 Å². The molecule has 1 aromatic carbocycles. The molecule has 1 atom stereocenters. The van der Waals surface area contributed by atoms with Crippen molar-refractivity contribution in [2.24, 2.45) is 5.73 Å². The van der Waals surface area contributed by atoms with Gasteiger partial charge in [-0.1, -0.05) is 44.7 Å². The fourth-order valence-electron chi connectivity index (χ4n) is 1.62. The second kappa shape index (κ2) is 10.8. The van der Waals surface area contributed by atoms with Crippen molar-refractivity contribution in [2.45, 2.75) is 32.6 Å². The summed E-state index contributed by atoms with van der Waals surface area (Å²) in [6, 6.07) is 7.47. The van der Waals surface area contributed by atoms with Crippen LogP contribution in [0.2, 0.25) is 0 Å². The average Bonchev–Trinajstić information content (AvgIpc) is 2.56. The third-order valence-electron chi connectivity index (χ3n) is 2.86. The van der Waals surface area contributed by atoms with Crippen molar-refractivity contribution in [1.29, 1.82) is 0 Å². The number of rotatable bonds is 7. The first-order valence-corrected chi connectivity index (χ1v) is 8.59. The summed E-state index contributed by atoms with van der Waals surface area (Å²) < 4.78 is 19.4. The minimum absolute atomic E-state index is 0.191. The van der Waals surface area contributed by atoms with Crippen molar-refractivity contribution < 1.29 is 8.95 Å². The van der Waals surface area contributed by atoms with Gasteiger partial charge in [0.25, 0.3) is 0 Å². The van der Waals surface area contributed by atoms with Gasteiger partial charge in [-0.25, -0.2) is 4.21 Å². The van der Waals surface area contributed by atoms with Crippen LogP contribution in [0.5, 0.6) is 0 Å². The maximum absolute atomic E-state index is 12.8. The molecule has 0 fully saturated rings. The molecule has 128 valence electrons. The highest BCUT2D eigenvalue weighted by Gasteiger charge is 2.18. The third kappa shape index (κ3) is 6.42. The Morgan fingerprint density at radius 1 is 1.30 bits per heavy atom. The minimum atomic E-state index is -1.45. The van der Waals surface area contributed by atoms with Gasteiger partial charge < -0.3 is 10.5 Å². The zero-order valence-electron chi connectivity index (χ0n) is 14.8. The van der Waals surface area contributed by atoms with E-state index in [-0.39, 0.29) is 6.54 Å². The van der Waals surface area contributed by atoms with E-state index in [0.717, 1.165) is 5.56 Å². The third-order valence-corrected chi connectivity index (χ3v) is 4.36. The molecule has 0 radical (unpaired) electrons. The van der Waals surface area contributed by atoms with Crippen LogP contribution in [-0.2, 0) is 15.7 Å². The number of allylic oxidation sites excluding steroid dienone is 2. The van der Waals surface area contributed by atoms with Crippen LogP contribution in [0.15, 0.2) is 65.5 Å². The van der Waals surface area contributed by atoms with Crippen molar-refractivity contribution in [3.05, 3.63) is 66.2 Å². The Labute approximate surface area is 142 Å².